The van der Waals surface area contributed by atoms with Crippen LogP contribution in [0.4, 0.5) is 5.69 Å². The summed E-state index contributed by atoms with van der Waals surface area (Å²) in [5.74, 6) is 0. The molecule has 0 amide bonds. The van der Waals surface area contributed by atoms with Crippen molar-refractivity contribution in [3.63, 3.8) is 0 Å². The fourth-order valence-electron chi connectivity index (χ4n) is 1.31. The molecule has 0 N–H and O–H groups in total. The summed E-state index contributed by atoms with van der Waals surface area (Å²) < 4.78 is 1.79. The highest BCUT2D eigenvalue weighted by atomic mass is 15.3. The molecule has 0 unspecified atom stereocenters. The molecule has 0 aromatic carbocycles. The van der Waals surface area contributed by atoms with Crippen molar-refractivity contribution < 1.29 is 0 Å². The molecule has 0 saturated heterocycles. The molecule has 4 nitrogen and oxygen atoms in total. The molecule has 13 heavy (non-hydrogen) atoms. The number of hydrogen-bond acceptors (Lipinski definition) is 3. The van der Waals surface area contributed by atoms with Gasteiger partial charge < -0.3 is 4.90 Å². The molecule has 68 valence electrons. The summed E-state index contributed by atoms with van der Waals surface area (Å²) in [5.41, 5.74) is 2.24. The Balaban J connectivity index is 2.23. The Morgan fingerprint density at radius 3 is 2.92 bits per heavy atom. The predicted octanol–water partition coefficient (Wildman–Crippen LogP) is 1.17. The SMILES string of the molecule is CC1=CN(c2cnn(C)c2)CN=C1. The van der Waals surface area contributed by atoms with Crippen molar-refractivity contribution in [2.45, 2.75) is 6.92 Å². The van der Waals surface area contributed by atoms with Gasteiger partial charge in [0.2, 0.25) is 0 Å². The van der Waals surface area contributed by atoms with E-state index in [2.05, 4.69) is 21.2 Å². The average molecular weight is 176 g/mol. The zero-order valence-electron chi connectivity index (χ0n) is 7.81. The highest BCUT2D eigenvalue weighted by Gasteiger charge is 2.07. The van der Waals surface area contributed by atoms with Crippen LogP contribution in [0.25, 0.3) is 0 Å². The molecule has 0 spiro atoms. The summed E-state index contributed by atoms with van der Waals surface area (Å²) in [6.07, 6.45) is 7.77. The van der Waals surface area contributed by atoms with E-state index in [1.165, 1.54) is 0 Å². The molecular formula is C9H12N4. The van der Waals surface area contributed by atoms with Crippen LogP contribution in [-0.2, 0) is 7.05 Å². The van der Waals surface area contributed by atoms with Gasteiger partial charge in [0.05, 0.1) is 11.9 Å². The maximum Gasteiger partial charge on any atom is 0.114 e. The fraction of sp³-hybridized carbons (Fsp3) is 0.333. The number of aliphatic imine (C=N–C) groups is 1. The minimum Gasteiger partial charge on any atom is -0.325 e. The Bertz CT molecular complexity index is 361. The van der Waals surface area contributed by atoms with Crippen LogP contribution in [0.2, 0.25) is 0 Å². The van der Waals surface area contributed by atoms with Gasteiger partial charge in [0, 0.05) is 25.7 Å². The Morgan fingerprint density at radius 2 is 2.31 bits per heavy atom. The number of rotatable bonds is 1. The molecule has 2 heterocycles. The third-order valence-electron chi connectivity index (χ3n) is 1.91. The van der Waals surface area contributed by atoms with Crippen molar-refractivity contribution in [3.8, 4) is 0 Å². The molecule has 0 radical (unpaired) electrons. The second-order valence-electron chi connectivity index (χ2n) is 3.17. The molecule has 0 atom stereocenters. The number of aromatic nitrogens is 2. The second kappa shape index (κ2) is 3.05. The van der Waals surface area contributed by atoms with Crippen molar-refractivity contribution in [3.05, 3.63) is 24.2 Å². The van der Waals surface area contributed by atoms with E-state index in [0.29, 0.717) is 6.67 Å². The first-order valence-electron chi connectivity index (χ1n) is 4.19. The van der Waals surface area contributed by atoms with Crippen LogP contribution < -0.4 is 4.90 Å². The number of anilines is 1. The zero-order chi connectivity index (χ0) is 9.26. The summed E-state index contributed by atoms with van der Waals surface area (Å²) in [6.45, 7) is 2.72. The van der Waals surface area contributed by atoms with Gasteiger partial charge in [-0.25, -0.2) is 0 Å². The van der Waals surface area contributed by atoms with Gasteiger partial charge in [0.1, 0.15) is 6.67 Å². The van der Waals surface area contributed by atoms with Gasteiger partial charge in [-0.1, -0.05) is 0 Å². The van der Waals surface area contributed by atoms with Crippen LogP contribution in [0.1, 0.15) is 6.92 Å². The number of nitrogens with zero attached hydrogens (tertiary/aromatic N) is 4. The first kappa shape index (κ1) is 8.04. The maximum absolute atomic E-state index is 4.22. The first-order valence-corrected chi connectivity index (χ1v) is 4.19. The summed E-state index contributed by atoms with van der Waals surface area (Å²) in [4.78, 5) is 6.29. The molecule has 2 rings (SSSR count). The maximum atomic E-state index is 4.22. The van der Waals surface area contributed by atoms with E-state index in [4.69, 9.17) is 0 Å². The molecule has 0 aliphatic carbocycles. The van der Waals surface area contributed by atoms with E-state index in [-0.39, 0.29) is 0 Å². The third-order valence-corrected chi connectivity index (χ3v) is 1.91. The lowest BCUT2D eigenvalue weighted by Gasteiger charge is -2.19. The smallest absolute Gasteiger partial charge is 0.114 e. The molecule has 0 bridgehead atoms. The molecule has 1 aliphatic rings. The normalized spacial score (nSPS) is 16.2. The van der Waals surface area contributed by atoms with E-state index >= 15 is 0 Å². The van der Waals surface area contributed by atoms with Gasteiger partial charge in [-0.15, -0.1) is 0 Å². The number of allylic oxidation sites excluding steroid dienone is 1. The van der Waals surface area contributed by atoms with Crippen LogP contribution >= 0.6 is 0 Å². The van der Waals surface area contributed by atoms with Gasteiger partial charge in [-0.05, 0) is 12.5 Å². The Kier molecular flexibility index (Phi) is 1.88. The number of aryl methyl sites for hydroxylation is 1. The molecule has 0 fully saturated rings. The van der Waals surface area contributed by atoms with Crippen LogP contribution in [0.15, 0.2) is 29.2 Å². The summed E-state index contributed by atoms with van der Waals surface area (Å²) >= 11 is 0. The van der Waals surface area contributed by atoms with Crippen LogP contribution in [0, 0.1) is 0 Å². The van der Waals surface area contributed by atoms with E-state index in [1.807, 2.05) is 32.6 Å². The van der Waals surface area contributed by atoms with Gasteiger partial charge in [0.15, 0.2) is 0 Å². The summed E-state index contributed by atoms with van der Waals surface area (Å²) in [5, 5.41) is 4.11. The van der Waals surface area contributed by atoms with E-state index in [9.17, 15) is 0 Å². The lowest BCUT2D eigenvalue weighted by Crippen LogP contribution is -2.19. The van der Waals surface area contributed by atoms with Crippen LogP contribution in [0.5, 0.6) is 0 Å². The minimum absolute atomic E-state index is 0.684. The predicted molar refractivity (Wildman–Crippen MR) is 52.8 cm³/mol. The van der Waals surface area contributed by atoms with Crippen molar-refractivity contribution in [2.24, 2.45) is 12.0 Å². The van der Waals surface area contributed by atoms with E-state index < -0.39 is 0 Å². The Labute approximate surface area is 77.2 Å². The lowest BCUT2D eigenvalue weighted by molar-refractivity contribution is 0.767. The van der Waals surface area contributed by atoms with Gasteiger partial charge in [-0.2, -0.15) is 5.10 Å². The molecule has 4 heteroatoms. The summed E-state index contributed by atoms with van der Waals surface area (Å²) in [6, 6.07) is 0. The molecule has 0 saturated carbocycles. The van der Waals surface area contributed by atoms with Crippen molar-refractivity contribution >= 4 is 11.9 Å². The highest BCUT2D eigenvalue weighted by molar-refractivity contribution is 5.80. The third kappa shape index (κ3) is 1.61. The fourth-order valence-corrected chi connectivity index (χ4v) is 1.31. The van der Waals surface area contributed by atoms with Crippen LogP contribution in [0.3, 0.4) is 0 Å². The molecular weight excluding hydrogens is 164 g/mol. The quantitative estimate of drug-likeness (QED) is 0.643. The standard InChI is InChI=1S/C9H12N4/c1-8-3-10-7-13(5-8)9-4-11-12(2)6-9/h3-6H,7H2,1-2H3. The van der Waals surface area contributed by atoms with Crippen molar-refractivity contribution in [1.29, 1.82) is 0 Å². The summed E-state index contributed by atoms with van der Waals surface area (Å²) in [7, 11) is 1.91. The molecule has 1 aliphatic heterocycles. The van der Waals surface area contributed by atoms with Crippen molar-refractivity contribution in [1.82, 2.24) is 9.78 Å². The highest BCUT2D eigenvalue weighted by Crippen LogP contribution is 2.15. The first-order chi connectivity index (χ1) is 6.25. The van der Waals surface area contributed by atoms with E-state index in [1.54, 1.807) is 4.68 Å². The van der Waals surface area contributed by atoms with Crippen molar-refractivity contribution in [2.75, 3.05) is 11.6 Å². The zero-order valence-corrected chi connectivity index (χ0v) is 7.81. The van der Waals surface area contributed by atoms with Gasteiger partial charge in [0.25, 0.3) is 0 Å². The van der Waals surface area contributed by atoms with E-state index in [0.717, 1.165) is 11.3 Å². The monoisotopic (exact) mass is 176 g/mol. The van der Waals surface area contributed by atoms with Gasteiger partial charge >= 0.3 is 0 Å². The largest absolute Gasteiger partial charge is 0.325 e. The molecule has 1 aromatic rings. The molecule has 1 aromatic heterocycles. The average Bonchev–Trinajstić information content (AvgIpc) is 2.52. The minimum atomic E-state index is 0.684. The topological polar surface area (TPSA) is 33.4 Å². The second-order valence-corrected chi connectivity index (χ2v) is 3.17. The van der Waals surface area contributed by atoms with Crippen LogP contribution in [-0.4, -0.2) is 22.7 Å². The lowest BCUT2D eigenvalue weighted by atomic mass is 10.3. The van der Waals surface area contributed by atoms with Gasteiger partial charge in [-0.3, -0.25) is 9.67 Å². The Morgan fingerprint density at radius 1 is 1.46 bits per heavy atom. The number of hydrogen-bond donors (Lipinski definition) is 0. The Hall–Kier alpha value is -1.58.